The highest BCUT2D eigenvalue weighted by Gasteiger charge is 2.24. The van der Waals surface area contributed by atoms with Crippen LogP contribution >= 0.6 is 0 Å². The first-order valence-corrected chi connectivity index (χ1v) is 11.2. The van der Waals surface area contributed by atoms with Crippen LogP contribution in [0.4, 0.5) is 5.69 Å². The molecule has 4 heterocycles. The van der Waals surface area contributed by atoms with Crippen molar-refractivity contribution in [3.63, 3.8) is 0 Å². The van der Waals surface area contributed by atoms with E-state index in [1.165, 1.54) is 0 Å². The first-order chi connectivity index (χ1) is 15.2. The van der Waals surface area contributed by atoms with Gasteiger partial charge in [-0.3, -0.25) is 14.7 Å². The SMILES string of the molecule is O=c1cc(N2CCC(O)CC2)cnn1C1CCCN(Cc2ccc3ccccc3n2)C1. The van der Waals surface area contributed by atoms with Gasteiger partial charge in [0.1, 0.15) is 0 Å². The van der Waals surface area contributed by atoms with Crippen LogP contribution in [0, 0.1) is 0 Å². The Morgan fingerprint density at radius 2 is 1.87 bits per heavy atom. The molecule has 2 aliphatic heterocycles. The highest BCUT2D eigenvalue weighted by molar-refractivity contribution is 5.78. The Bertz CT molecular complexity index is 1110. The van der Waals surface area contributed by atoms with Crippen molar-refractivity contribution in [2.45, 2.75) is 44.4 Å². The number of aliphatic hydroxyl groups excluding tert-OH is 1. The van der Waals surface area contributed by atoms with Crippen LogP contribution in [-0.4, -0.2) is 57.1 Å². The predicted octanol–water partition coefficient (Wildman–Crippen LogP) is 2.59. The number of rotatable bonds is 4. The number of hydrogen-bond acceptors (Lipinski definition) is 6. The van der Waals surface area contributed by atoms with E-state index in [0.29, 0.717) is 0 Å². The molecular weight excluding hydrogens is 390 g/mol. The Morgan fingerprint density at radius 3 is 2.71 bits per heavy atom. The second-order valence-corrected chi connectivity index (χ2v) is 8.74. The predicted molar refractivity (Wildman–Crippen MR) is 121 cm³/mol. The topological polar surface area (TPSA) is 74.5 Å². The molecule has 2 saturated heterocycles. The molecule has 2 fully saturated rings. The van der Waals surface area contributed by atoms with E-state index < -0.39 is 0 Å². The first kappa shape index (κ1) is 20.2. The number of para-hydroxylation sites is 1. The van der Waals surface area contributed by atoms with E-state index in [9.17, 15) is 9.90 Å². The van der Waals surface area contributed by atoms with Crippen molar-refractivity contribution in [1.29, 1.82) is 0 Å². The molecule has 7 heteroatoms. The van der Waals surface area contributed by atoms with E-state index in [0.717, 1.165) is 80.7 Å². The van der Waals surface area contributed by atoms with Crippen molar-refractivity contribution < 1.29 is 5.11 Å². The van der Waals surface area contributed by atoms with Gasteiger partial charge < -0.3 is 10.0 Å². The summed E-state index contributed by atoms with van der Waals surface area (Å²) in [6.07, 6.45) is 5.06. The molecule has 2 aliphatic rings. The Labute approximate surface area is 181 Å². The molecule has 7 nitrogen and oxygen atoms in total. The highest BCUT2D eigenvalue weighted by atomic mass is 16.3. The smallest absolute Gasteiger partial charge is 0.269 e. The molecule has 3 aromatic rings. The van der Waals surface area contributed by atoms with Gasteiger partial charge in [-0.2, -0.15) is 5.10 Å². The fraction of sp³-hybridized carbons (Fsp3) is 0.458. The van der Waals surface area contributed by atoms with Crippen molar-refractivity contribution in [3.8, 4) is 0 Å². The summed E-state index contributed by atoms with van der Waals surface area (Å²) >= 11 is 0. The highest BCUT2D eigenvalue weighted by Crippen LogP contribution is 2.23. The monoisotopic (exact) mass is 419 g/mol. The Balaban J connectivity index is 1.28. The lowest BCUT2D eigenvalue weighted by Crippen LogP contribution is -2.41. The summed E-state index contributed by atoms with van der Waals surface area (Å²) in [6, 6.07) is 14.2. The van der Waals surface area contributed by atoms with Gasteiger partial charge in [0.05, 0.1) is 35.2 Å². The zero-order chi connectivity index (χ0) is 21.2. The van der Waals surface area contributed by atoms with Gasteiger partial charge in [0.15, 0.2) is 0 Å². The van der Waals surface area contributed by atoms with E-state index in [4.69, 9.17) is 4.98 Å². The lowest BCUT2D eigenvalue weighted by Gasteiger charge is -2.33. The lowest BCUT2D eigenvalue weighted by molar-refractivity contribution is 0.145. The summed E-state index contributed by atoms with van der Waals surface area (Å²) in [5, 5.41) is 15.4. The fourth-order valence-electron chi connectivity index (χ4n) is 4.78. The first-order valence-electron chi connectivity index (χ1n) is 11.2. The van der Waals surface area contributed by atoms with Crippen LogP contribution in [0.5, 0.6) is 0 Å². The maximum Gasteiger partial charge on any atom is 0.269 e. The molecule has 0 saturated carbocycles. The molecule has 162 valence electrons. The average molecular weight is 420 g/mol. The third-order valence-corrected chi connectivity index (χ3v) is 6.51. The van der Waals surface area contributed by atoms with Crippen molar-refractivity contribution in [2.24, 2.45) is 0 Å². The lowest BCUT2D eigenvalue weighted by atomic mass is 10.1. The van der Waals surface area contributed by atoms with Crippen LogP contribution in [0.3, 0.4) is 0 Å². The largest absolute Gasteiger partial charge is 0.393 e. The molecule has 0 aliphatic carbocycles. The van der Waals surface area contributed by atoms with E-state index in [2.05, 4.69) is 33.1 Å². The number of benzene rings is 1. The number of pyridine rings is 1. The van der Waals surface area contributed by atoms with Crippen molar-refractivity contribution in [1.82, 2.24) is 19.7 Å². The summed E-state index contributed by atoms with van der Waals surface area (Å²) in [4.78, 5) is 22.2. The van der Waals surface area contributed by atoms with Gasteiger partial charge in [0.25, 0.3) is 5.56 Å². The standard InChI is InChI=1S/C24H29N5O2/c30-22-9-12-28(13-10-22)21-14-24(31)29(25-15-21)20-5-3-11-27(17-20)16-19-8-7-18-4-1-2-6-23(18)26-19/h1-2,4,6-8,14-15,20,22,30H,3,5,9-13,16-17H2. The number of aliphatic hydroxyl groups is 1. The van der Waals surface area contributed by atoms with Gasteiger partial charge in [-0.1, -0.05) is 24.3 Å². The number of nitrogens with zero attached hydrogens (tertiary/aromatic N) is 5. The molecule has 5 rings (SSSR count). The molecule has 1 N–H and O–H groups in total. The van der Waals surface area contributed by atoms with Crippen LogP contribution in [0.1, 0.15) is 37.4 Å². The zero-order valence-electron chi connectivity index (χ0n) is 17.7. The maximum absolute atomic E-state index is 12.9. The number of piperidine rings is 2. The van der Waals surface area contributed by atoms with Gasteiger partial charge >= 0.3 is 0 Å². The molecule has 0 spiro atoms. The minimum atomic E-state index is -0.227. The van der Waals surface area contributed by atoms with Crippen molar-refractivity contribution >= 4 is 16.6 Å². The van der Waals surface area contributed by atoms with Crippen LogP contribution in [0.15, 0.2) is 53.5 Å². The molecule has 1 unspecified atom stereocenters. The number of anilines is 1. The van der Waals surface area contributed by atoms with E-state index in [-0.39, 0.29) is 17.7 Å². The minimum absolute atomic E-state index is 0.0423. The van der Waals surface area contributed by atoms with Crippen molar-refractivity contribution in [3.05, 3.63) is 64.7 Å². The van der Waals surface area contributed by atoms with E-state index >= 15 is 0 Å². The quantitative estimate of drug-likeness (QED) is 0.701. The second kappa shape index (κ2) is 8.77. The number of likely N-dealkylation sites (tertiary alicyclic amines) is 1. The third-order valence-electron chi connectivity index (χ3n) is 6.51. The molecular formula is C24H29N5O2. The summed E-state index contributed by atoms with van der Waals surface area (Å²) in [5.41, 5.74) is 2.90. The van der Waals surface area contributed by atoms with Crippen LogP contribution in [0.2, 0.25) is 0 Å². The molecule has 0 bridgehead atoms. The maximum atomic E-state index is 12.9. The number of aromatic nitrogens is 3. The fourth-order valence-corrected chi connectivity index (χ4v) is 4.78. The van der Waals surface area contributed by atoms with Gasteiger partial charge in [-0.15, -0.1) is 0 Å². The zero-order valence-corrected chi connectivity index (χ0v) is 17.7. The van der Waals surface area contributed by atoms with Crippen LogP contribution in [-0.2, 0) is 6.54 Å². The Hall–Kier alpha value is -2.77. The number of hydrogen-bond donors (Lipinski definition) is 1. The summed E-state index contributed by atoms with van der Waals surface area (Å²) in [5.74, 6) is 0. The Morgan fingerprint density at radius 1 is 1.03 bits per heavy atom. The number of fused-ring (bicyclic) bond motifs is 1. The van der Waals surface area contributed by atoms with E-state index in [1.54, 1.807) is 10.7 Å². The van der Waals surface area contributed by atoms with Crippen LogP contribution in [0.25, 0.3) is 10.9 Å². The summed E-state index contributed by atoms with van der Waals surface area (Å²) in [6.45, 7) is 4.12. The van der Waals surface area contributed by atoms with Crippen molar-refractivity contribution in [2.75, 3.05) is 31.1 Å². The van der Waals surface area contributed by atoms with Gasteiger partial charge in [-0.05, 0) is 44.4 Å². The Kier molecular flexibility index (Phi) is 5.70. The third kappa shape index (κ3) is 4.48. The van der Waals surface area contributed by atoms with Gasteiger partial charge in [0, 0.05) is 37.6 Å². The molecule has 1 aromatic carbocycles. The normalized spacial score (nSPS) is 20.9. The molecule has 0 radical (unpaired) electrons. The van der Waals surface area contributed by atoms with Gasteiger partial charge in [0.2, 0.25) is 0 Å². The molecule has 2 aromatic heterocycles. The summed E-state index contributed by atoms with van der Waals surface area (Å²) < 4.78 is 1.66. The second-order valence-electron chi connectivity index (χ2n) is 8.74. The molecule has 31 heavy (non-hydrogen) atoms. The average Bonchev–Trinajstić information content (AvgIpc) is 2.79. The van der Waals surface area contributed by atoms with Gasteiger partial charge in [-0.25, -0.2) is 4.68 Å². The van der Waals surface area contributed by atoms with E-state index in [1.807, 2.05) is 24.4 Å². The van der Waals surface area contributed by atoms with Crippen LogP contribution < -0.4 is 10.5 Å². The molecule has 1 atom stereocenters. The molecule has 0 amide bonds. The minimum Gasteiger partial charge on any atom is -0.393 e. The summed E-state index contributed by atoms with van der Waals surface area (Å²) in [7, 11) is 0.